The molecular formula is C23H27N3O3S2. The zero-order chi connectivity index (χ0) is 22.0. The van der Waals surface area contributed by atoms with Crippen LogP contribution in [0.3, 0.4) is 0 Å². The Morgan fingerprint density at radius 1 is 1.26 bits per heavy atom. The minimum Gasteiger partial charge on any atom is -0.383 e. The van der Waals surface area contributed by atoms with Crippen molar-refractivity contribution in [2.45, 2.75) is 51.2 Å². The predicted molar refractivity (Wildman–Crippen MR) is 128 cm³/mol. The average Bonchev–Trinajstić information content (AvgIpc) is 3.13. The molecule has 0 spiro atoms. The quantitative estimate of drug-likeness (QED) is 0.422. The number of benzene rings is 1. The zero-order valence-electron chi connectivity index (χ0n) is 18.1. The smallest absolute Gasteiger partial charge is 0.263 e. The molecule has 164 valence electrons. The molecule has 0 saturated heterocycles. The van der Waals surface area contributed by atoms with Crippen LogP contribution in [-0.4, -0.2) is 34.9 Å². The highest BCUT2D eigenvalue weighted by Gasteiger charge is 2.22. The Hall–Kier alpha value is -2.16. The SMILES string of the molecule is COCCn1c(SCC(=O)Nc2ccc(C)c(C)c2)nc2sc3c(c2c1=O)CCCC3. The number of hydrogen-bond acceptors (Lipinski definition) is 6. The van der Waals surface area contributed by atoms with Crippen LogP contribution in [0.1, 0.15) is 34.4 Å². The number of aryl methyl sites for hydroxylation is 4. The van der Waals surface area contributed by atoms with Crippen LogP contribution in [0, 0.1) is 13.8 Å². The molecule has 1 aliphatic rings. The van der Waals surface area contributed by atoms with Gasteiger partial charge in [0.05, 0.1) is 24.3 Å². The number of fused-ring (bicyclic) bond motifs is 3. The molecule has 0 saturated carbocycles. The van der Waals surface area contributed by atoms with Gasteiger partial charge >= 0.3 is 0 Å². The highest BCUT2D eigenvalue weighted by molar-refractivity contribution is 7.99. The number of thioether (sulfide) groups is 1. The Morgan fingerprint density at radius 3 is 2.84 bits per heavy atom. The van der Waals surface area contributed by atoms with Crippen LogP contribution in [0.2, 0.25) is 0 Å². The number of carbonyl (C=O) groups excluding carboxylic acids is 1. The number of nitrogens with zero attached hydrogens (tertiary/aromatic N) is 2. The first-order valence-corrected chi connectivity index (χ1v) is 12.3. The van der Waals surface area contributed by atoms with Crippen LogP contribution in [0.15, 0.2) is 28.2 Å². The third-order valence-corrected chi connectivity index (χ3v) is 7.84. The van der Waals surface area contributed by atoms with E-state index in [-0.39, 0.29) is 17.2 Å². The zero-order valence-corrected chi connectivity index (χ0v) is 19.8. The Bertz CT molecular complexity index is 1180. The number of thiophene rings is 1. The predicted octanol–water partition coefficient (Wildman–Crippen LogP) is 4.33. The molecule has 0 radical (unpaired) electrons. The van der Waals surface area contributed by atoms with Gasteiger partial charge in [0.1, 0.15) is 4.83 Å². The molecule has 6 nitrogen and oxygen atoms in total. The van der Waals surface area contributed by atoms with Crippen LogP contribution in [-0.2, 0) is 28.9 Å². The van der Waals surface area contributed by atoms with E-state index in [0.29, 0.717) is 18.3 Å². The number of amides is 1. The summed E-state index contributed by atoms with van der Waals surface area (Å²) in [4.78, 5) is 32.8. The third-order valence-electron chi connectivity index (χ3n) is 5.68. The van der Waals surface area contributed by atoms with Gasteiger partial charge in [-0.15, -0.1) is 11.3 Å². The van der Waals surface area contributed by atoms with E-state index in [1.165, 1.54) is 27.8 Å². The fourth-order valence-corrected chi connectivity index (χ4v) is 5.98. The summed E-state index contributed by atoms with van der Waals surface area (Å²) in [6, 6.07) is 5.86. The van der Waals surface area contributed by atoms with Crippen molar-refractivity contribution in [3.63, 3.8) is 0 Å². The lowest BCUT2D eigenvalue weighted by Crippen LogP contribution is -2.26. The summed E-state index contributed by atoms with van der Waals surface area (Å²) in [5.74, 6) is 0.0644. The largest absolute Gasteiger partial charge is 0.383 e. The Morgan fingerprint density at radius 2 is 2.06 bits per heavy atom. The lowest BCUT2D eigenvalue weighted by Gasteiger charge is -2.13. The maximum atomic E-state index is 13.4. The molecule has 31 heavy (non-hydrogen) atoms. The molecule has 0 aliphatic heterocycles. The molecule has 0 bridgehead atoms. The van der Waals surface area contributed by atoms with Crippen LogP contribution >= 0.6 is 23.1 Å². The summed E-state index contributed by atoms with van der Waals surface area (Å²) >= 11 is 2.93. The number of carbonyl (C=O) groups is 1. The molecule has 2 heterocycles. The van der Waals surface area contributed by atoms with Gasteiger partial charge in [-0.2, -0.15) is 0 Å². The first kappa shape index (κ1) is 22.0. The molecule has 3 aromatic rings. The standard InChI is InChI=1S/C23H27N3O3S2/c1-14-8-9-16(12-15(14)2)24-19(27)13-30-23-25-21-20(22(28)26(23)10-11-29-3)17-6-4-5-7-18(17)31-21/h8-9,12H,4-7,10-11,13H2,1-3H3,(H,24,27). The molecule has 0 unspecified atom stereocenters. The molecule has 0 atom stereocenters. The summed E-state index contributed by atoms with van der Waals surface area (Å²) in [5.41, 5.74) is 4.26. The van der Waals surface area contributed by atoms with Gasteiger partial charge in [-0.1, -0.05) is 17.8 Å². The van der Waals surface area contributed by atoms with Gasteiger partial charge in [-0.05, 0) is 68.4 Å². The second-order valence-electron chi connectivity index (χ2n) is 7.87. The number of hydrogen-bond donors (Lipinski definition) is 1. The third kappa shape index (κ3) is 4.71. The van der Waals surface area contributed by atoms with Gasteiger partial charge in [-0.3, -0.25) is 14.2 Å². The summed E-state index contributed by atoms with van der Waals surface area (Å²) in [6.45, 7) is 4.90. The highest BCUT2D eigenvalue weighted by Crippen LogP contribution is 2.34. The van der Waals surface area contributed by atoms with E-state index in [0.717, 1.165) is 47.2 Å². The van der Waals surface area contributed by atoms with Gasteiger partial charge in [0, 0.05) is 17.7 Å². The van der Waals surface area contributed by atoms with Crippen molar-refractivity contribution in [1.29, 1.82) is 0 Å². The number of nitrogens with one attached hydrogen (secondary N) is 1. The Balaban J connectivity index is 1.59. The van der Waals surface area contributed by atoms with Gasteiger partial charge in [0.2, 0.25) is 5.91 Å². The number of methoxy groups -OCH3 is 1. The van der Waals surface area contributed by atoms with Gasteiger partial charge in [-0.25, -0.2) is 4.98 Å². The van der Waals surface area contributed by atoms with Crippen LogP contribution in [0.5, 0.6) is 0 Å². The summed E-state index contributed by atoms with van der Waals surface area (Å²) in [5, 5.41) is 4.27. The van der Waals surface area contributed by atoms with E-state index in [9.17, 15) is 9.59 Å². The fraction of sp³-hybridized carbons (Fsp3) is 0.435. The van der Waals surface area contributed by atoms with Crippen LogP contribution in [0.25, 0.3) is 10.2 Å². The maximum absolute atomic E-state index is 13.4. The maximum Gasteiger partial charge on any atom is 0.263 e. The summed E-state index contributed by atoms with van der Waals surface area (Å²) in [6.07, 6.45) is 4.25. The van der Waals surface area contributed by atoms with E-state index in [1.807, 2.05) is 32.0 Å². The van der Waals surface area contributed by atoms with E-state index in [2.05, 4.69) is 5.32 Å². The van der Waals surface area contributed by atoms with E-state index >= 15 is 0 Å². The molecule has 1 N–H and O–H groups in total. The monoisotopic (exact) mass is 457 g/mol. The highest BCUT2D eigenvalue weighted by atomic mass is 32.2. The van der Waals surface area contributed by atoms with Crippen molar-refractivity contribution >= 4 is 44.9 Å². The number of anilines is 1. The van der Waals surface area contributed by atoms with Gasteiger partial charge in [0.25, 0.3) is 5.56 Å². The molecule has 0 fully saturated rings. The van der Waals surface area contributed by atoms with Crippen LogP contribution in [0.4, 0.5) is 5.69 Å². The van der Waals surface area contributed by atoms with E-state index in [4.69, 9.17) is 9.72 Å². The minimum absolute atomic E-state index is 0.0153. The minimum atomic E-state index is -0.119. The molecule has 1 amide bonds. The van der Waals surface area contributed by atoms with Crippen LogP contribution < -0.4 is 10.9 Å². The second kappa shape index (κ2) is 9.54. The topological polar surface area (TPSA) is 73.2 Å². The lowest BCUT2D eigenvalue weighted by atomic mass is 9.97. The molecule has 8 heteroatoms. The lowest BCUT2D eigenvalue weighted by molar-refractivity contribution is -0.113. The normalized spacial score (nSPS) is 13.4. The van der Waals surface area contributed by atoms with Crippen molar-refractivity contribution in [3.8, 4) is 0 Å². The van der Waals surface area contributed by atoms with Gasteiger partial charge in [0.15, 0.2) is 5.16 Å². The molecule has 1 aliphatic carbocycles. The molecule has 1 aromatic carbocycles. The molecule has 2 aromatic heterocycles. The molecule has 4 rings (SSSR count). The second-order valence-corrected chi connectivity index (χ2v) is 9.90. The number of aromatic nitrogens is 2. The first-order valence-electron chi connectivity index (χ1n) is 10.5. The van der Waals surface area contributed by atoms with E-state index < -0.39 is 0 Å². The Labute approximate surface area is 190 Å². The number of rotatable bonds is 7. The summed E-state index contributed by atoms with van der Waals surface area (Å²) in [7, 11) is 1.62. The summed E-state index contributed by atoms with van der Waals surface area (Å²) < 4.78 is 6.88. The first-order chi connectivity index (χ1) is 15.0. The van der Waals surface area contributed by atoms with Gasteiger partial charge < -0.3 is 10.1 Å². The number of ether oxygens (including phenoxy) is 1. The Kier molecular flexibility index (Phi) is 6.79. The van der Waals surface area contributed by atoms with Crippen molar-refractivity contribution < 1.29 is 9.53 Å². The fourth-order valence-electron chi connectivity index (χ4n) is 3.86. The van der Waals surface area contributed by atoms with Crippen molar-refractivity contribution in [1.82, 2.24) is 9.55 Å². The average molecular weight is 458 g/mol. The van der Waals surface area contributed by atoms with Crippen molar-refractivity contribution in [2.75, 3.05) is 24.8 Å². The van der Waals surface area contributed by atoms with Crippen molar-refractivity contribution in [3.05, 3.63) is 50.1 Å². The van der Waals surface area contributed by atoms with E-state index in [1.54, 1.807) is 23.0 Å². The molecular weight excluding hydrogens is 430 g/mol. The van der Waals surface area contributed by atoms with Crippen molar-refractivity contribution in [2.24, 2.45) is 0 Å².